The Hall–Kier alpha value is -2.04. The molecular formula is C15H22N4O. The number of aliphatic imine (C=N–C) groups is 1. The SMILES string of the molecule is CC(=O)NCCN=C(N)Nc1cccc2c1CCCC2. The molecule has 1 aromatic rings. The second kappa shape index (κ2) is 6.93. The number of carbonyl (C=O) groups excluding carboxylic acids is 1. The van der Waals surface area contributed by atoms with Crippen LogP contribution in [-0.2, 0) is 17.6 Å². The third-order valence-electron chi connectivity index (χ3n) is 3.43. The van der Waals surface area contributed by atoms with Gasteiger partial charge in [0.15, 0.2) is 5.96 Å². The summed E-state index contributed by atoms with van der Waals surface area (Å²) in [5, 5.41) is 5.86. The molecule has 2 rings (SSSR count). The van der Waals surface area contributed by atoms with Crippen LogP contribution >= 0.6 is 0 Å². The van der Waals surface area contributed by atoms with Crippen LogP contribution in [0.5, 0.6) is 0 Å². The second-order valence-corrected chi connectivity index (χ2v) is 5.03. The van der Waals surface area contributed by atoms with E-state index in [0.717, 1.165) is 18.5 Å². The van der Waals surface area contributed by atoms with Crippen molar-refractivity contribution in [2.75, 3.05) is 18.4 Å². The van der Waals surface area contributed by atoms with E-state index in [1.165, 1.54) is 30.9 Å². The molecule has 0 heterocycles. The topological polar surface area (TPSA) is 79.5 Å². The molecule has 1 aliphatic carbocycles. The van der Waals surface area contributed by atoms with Crippen LogP contribution in [0, 0.1) is 0 Å². The normalized spacial score (nSPS) is 14.6. The number of benzene rings is 1. The Morgan fingerprint density at radius 1 is 1.35 bits per heavy atom. The molecule has 108 valence electrons. The molecular weight excluding hydrogens is 252 g/mol. The molecule has 1 aliphatic rings. The zero-order valence-electron chi connectivity index (χ0n) is 11.9. The average molecular weight is 274 g/mol. The number of nitrogens with two attached hydrogens (primary N) is 1. The fourth-order valence-corrected chi connectivity index (χ4v) is 2.48. The molecule has 0 saturated carbocycles. The minimum atomic E-state index is -0.0520. The number of fused-ring (bicyclic) bond motifs is 1. The lowest BCUT2D eigenvalue weighted by atomic mass is 9.90. The molecule has 0 aromatic heterocycles. The Labute approximate surface area is 119 Å². The molecule has 0 radical (unpaired) electrons. The van der Waals surface area contributed by atoms with Gasteiger partial charge in [-0.1, -0.05) is 12.1 Å². The van der Waals surface area contributed by atoms with Crippen LogP contribution in [0.4, 0.5) is 5.69 Å². The van der Waals surface area contributed by atoms with Gasteiger partial charge in [-0.15, -0.1) is 0 Å². The maximum Gasteiger partial charge on any atom is 0.216 e. The fraction of sp³-hybridized carbons (Fsp3) is 0.467. The minimum absolute atomic E-state index is 0.0520. The van der Waals surface area contributed by atoms with Crippen LogP contribution in [0.15, 0.2) is 23.2 Å². The Kier molecular flexibility index (Phi) is 4.98. The minimum Gasteiger partial charge on any atom is -0.370 e. The van der Waals surface area contributed by atoms with E-state index in [2.05, 4.69) is 27.8 Å². The first-order valence-corrected chi connectivity index (χ1v) is 7.09. The summed E-state index contributed by atoms with van der Waals surface area (Å²) < 4.78 is 0. The monoisotopic (exact) mass is 274 g/mol. The largest absolute Gasteiger partial charge is 0.370 e. The van der Waals surface area contributed by atoms with Gasteiger partial charge in [-0.3, -0.25) is 9.79 Å². The molecule has 1 aromatic carbocycles. The molecule has 0 atom stereocenters. The van der Waals surface area contributed by atoms with Gasteiger partial charge in [-0.05, 0) is 42.9 Å². The van der Waals surface area contributed by atoms with Crippen LogP contribution in [0.2, 0.25) is 0 Å². The van der Waals surface area contributed by atoms with Gasteiger partial charge < -0.3 is 16.4 Å². The third-order valence-corrected chi connectivity index (χ3v) is 3.43. The van der Waals surface area contributed by atoms with Crippen molar-refractivity contribution in [2.24, 2.45) is 10.7 Å². The van der Waals surface area contributed by atoms with Crippen molar-refractivity contribution in [3.05, 3.63) is 29.3 Å². The predicted molar refractivity (Wildman–Crippen MR) is 81.9 cm³/mol. The van der Waals surface area contributed by atoms with E-state index in [0.29, 0.717) is 19.0 Å². The van der Waals surface area contributed by atoms with Gasteiger partial charge in [-0.2, -0.15) is 0 Å². The number of hydrogen-bond acceptors (Lipinski definition) is 2. The second-order valence-electron chi connectivity index (χ2n) is 5.03. The molecule has 0 bridgehead atoms. The van der Waals surface area contributed by atoms with Gasteiger partial charge in [0, 0.05) is 19.2 Å². The number of aryl methyl sites for hydroxylation is 1. The summed E-state index contributed by atoms with van der Waals surface area (Å²) in [7, 11) is 0. The van der Waals surface area contributed by atoms with Crippen molar-refractivity contribution in [3.8, 4) is 0 Å². The smallest absolute Gasteiger partial charge is 0.216 e. The van der Waals surface area contributed by atoms with E-state index in [4.69, 9.17) is 5.73 Å². The zero-order chi connectivity index (χ0) is 14.4. The first-order chi connectivity index (χ1) is 9.66. The van der Waals surface area contributed by atoms with E-state index >= 15 is 0 Å². The molecule has 0 saturated heterocycles. The number of anilines is 1. The molecule has 0 unspecified atom stereocenters. The van der Waals surface area contributed by atoms with Gasteiger partial charge in [-0.25, -0.2) is 0 Å². The van der Waals surface area contributed by atoms with Gasteiger partial charge >= 0.3 is 0 Å². The number of guanidine groups is 1. The highest BCUT2D eigenvalue weighted by Gasteiger charge is 2.12. The van der Waals surface area contributed by atoms with Gasteiger partial charge in [0.05, 0.1) is 6.54 Å². The van der Waals surface area contributed by atoms with Crippen LogP contribution in [0.25, 0.3) is 0 Å². The third kappa shape index (κ3) is 3.98. The summed E-state index contributed by atoms with van der Waals surface area (Å²) >= 11 is 0. The summed E-state index contributed by atoms with van der Waals surface area (Å²) in [5.74, 6) is 0.346. The highest BCUT2D eigenvalue weighted by atomic mass is 16.1. The van der Waals surface area contributed by atoms with Crippen molar-refractivity contribution in [2.45, 2.75) is 32.6 Å². The van der Waals surface area contributed by atoms with Gasteiger partial charge in [0.25, 0.3) is 0 Å². The first-order valence-electron chi connectivity index (χ1n) is 7.09. The van der Waals surface area contributed by atoms with Crippen LogP contribution in [-0.4, -0.2) is 25.0 Å². The lowest BCUT2D eigenvalue weighted by molar-refractivity contribution is -0.118. The van der Waals surface area contributed by atoms with Crippen LogP contribution < -0.4 is 16.4 Å². The summed E-state index contributed by atoms with van der Waals surface area (Å²) in [4.78, 5) is 14.9. The van der Waals surface area contributed by atoms with Crippen molar-refractivity contribution >= 4 is 17.6 Å². The molecule has 4 N–H and O–H groups in total. The standard InChI is InChI=1S/C15H22N4O/c1-11(20)17-9-10-18-15(16)19-14-8-4-6-12-5-2-3-7-13(12)14/h4,6,8H,2-3,5,7,9-10H2,1H3,(H,17,20)(H3,16,18,19). The molecule has 0 aliphatic heterocycles. The average Bonchev–Trinajstić information content (AvgIpc) is 2.44. The molecule has 0 spiro atoms. The lowest BCUT2D eigenvalue weighted by Gasteiger charge is -2.19. The summed E-state index contributed by atoms with van der Waals surface area (Å²) in [5.41, 5.74) is 9.71. The number of nitrogens with one attached hydrogen (secondary N) is 2. The molecule has 1 amide bonds. The highest BCUT2D eigenvalue weighted by molar-refractivity contribution is 5.93. The summed E-state index contributed by atoms with van der Waals surface area (Å²) in [6.45, 7) is 2.47. The van der Waals surface area contributed by atoms with E-state index in [-0.39, 0.29) is 5.91 Å². The zero-order valence-corrected chi connectivity index (χ0v) is 11.9. The van der Waals surface area contributed by atoms with E-state index < -0.39 is 0 Å². The van der Waals surface area contributed by atoms with Gasteiger partial charge in [0.1, 0.15) is 0 Å². The molecule has 5 nitrogen and oxygen atoms in total. The number of amides is 1. The van der Waals surface area contributed by atoms with E-state index in [1.807, 2.05) is 6.07 Å². The predicted octanol–water partition coefficient (Wildman–Crippen LogP) is 1.43. The Balaban J connectivity index is 1.95. The van der Waals surface area contributed by atoms with Gasteiger partial charge in [0.2, 0.25) is 5.91 Å². The number of hydrogen-bond donors (Lipinski definition) is 3. The maximum absolute atomic E-state index is 10.7. The van der Waals surface area contributed by atoms with E-state index in [1.54, 1.807) is 0 Å². The molecule has 5 heteroatoms. The number of rotatable bonds is 4. The van der Waals surface area contributed by atoms with Crippen LogP contribution in [0.1, 0.15) is 30.9 Å². The summed E-state index contributed by atoms with van der Waals surface area (Å²) in [6, 6.07) is 6.28. The lowest BCUT2D eigenvalue weighted by Crippen LogP contribution is -2.27. The summed E-state index contributed by atoms with van der Waals surface area (Å²) in [6.07, 6.45) is 4.73. The Bertz CT molecular complexity index is 511. The van der Waals surface area contributed by atoms with Crippen molar-refractivity contribution < 1.29 is 4.79 Å². The Morgan fingerprint density at radius 3 is 2.95 bits per heavy atom. The highest BCUT2D eigenvalue weighted by Crippen LogP contribution is 2.27. The fourth-order valence-electron chi connectivity index (χ4n) is 2.48. The van der Waals surface area contributed by atoms with Crippen LogP contribution in [0.3, 0.4) is 0 Å². The quantitative estimate of drug-likeness (QED) is 0.441. The van der Waals surface area contributed by atoms with Crippen molar-refractivity contribution in [1.29, 1.82) is 0 Å². The first kappa shape index (κ1) is 14.4. The van der Waals surface area contributed by atoms with E-state index in [9.17, 15) is 4.79 Å². The maximum atomic E-state index is 10.7. The molecule has 0 fully saturated rings. The van der Waals surface area contributed by atoms with Crippen molar-refractivity contribution in [1.82, 2.24) is 5.32 Å². The Morgan fingerprint density at radius 2 is 2.15 bits per heavy atom. The van der Waals surface area contributed by atoms with Crippen molar-refractivity contribution in [3.63, 3.8) is 0 Å². The number of carbonyl (C=O) groups is 1. The number of nitrogens with zero attached hydrogens (tertiary/aromatic N) is 1. The molecule has 20 heavy (non-hydrogen) atoms.